The number of nitrogens with one attached hydrogen (secondary N) is 2. The highest BCUT2D eigenvalue weighted by atomic mass is 16.2. The molecule has 4 nitrogen and oxygen atoms in total. The van der Waals surface area contributed by atoms with Gasteiger partial charge in [0.15, 0.2) is 0 Å². The third-order valence-corrected chi connectivity index (χ3v) is 4.89. The van der Waals surface area contributed by atoms with Crippen molar-refractivity contribution >= 4 is 23.1 Å². The molecule has 132 valence electrons. The first-order valence-electron chi connectivity index (χ1n) is 9.16. The number of carbonyl (C=O) groups excluding carboxylic acids is 1. The van der Waals surface area contributed by atoms with Crippen LogP contribution in [0.5, 0.6) is 0 Å². The number of urea groups is 1. The minimum Gasteiger partial charge on any atom is -0.372 e. The van der Waals surface area contributed by atoms with Gasteiger partial charge in [-0.3, -0.25) is 0 Å². The van der Waals surface area contributed by atoms with Crippen LogP contribution in [0.3, 0.4) is 0 Å². The average Bonchev–Trinajstić information content (AvgIpc) is 2.64. The molecule has 1 heterocycles. The van der Waals surface area contributed by atoms with Crippen molar-refractivity contribution in [2.24, 2.45) is 5.92 Å². The van der Waals surface area contributed by atoms with Gasteiger partial charge in [-0.2, -0.15) is 0 Å². The Balaban J connectivity index is 1.54. The lowest BCUT2D eigenvalue weighted by Crippen LogP contribution is -2.32. The number of hydrogen-bond donors (Lipinski definition) is 2. The molecule has 1 aliphatic heterocycles. The number of benzene rings is 2. The Morgan fingerprint density at radius 1 is 0.960 bits per heavy atom. The molecule has 2 N–H and O–H groups in total. The smallest absolute Gasteiger partial charge is 0.323 e. The molecule has 0 unspecified atom stereocenters. The van der Waals surface area contributed by atoms with Gasteiger partial charge in [-0.15, -0.1) is 0 Å². The molecule has 1 aliphatic rings. The summed E-state index contributed by atoms with van der Waals surface area (Å²) in [6.45, 7) is 6.66. The van der Waals surface area contributed by atoms with Crippen molar-refractivity contribution in [3.63, 3.8) is 0 Å². The summed E-state index contributed by atoms with van der Waals surface area (Å²) in [5, 5.41) is 5.75. The molecule has 0 bridgehead atoms. The predicted molar refractivity (Wildman–Crippen MR) is 106 cm³/mol. The molecule has 0 saturated carbocycles. The van der Waals surface area contributed by atoms with Gasteiger partial charge in [0.25, 0.3) is 0 Å². The number of hydrogen-bond acceptors (Lipinski definition) is 2. The molecule has 0 radical (unpaired) electrons. The van der Waals surface area contributed by atoms with Crippen molar-refractivity contribution in [2.45, 2.75) is 33.1 Å². The highest BCUT2D eigenvalue weighted by Gasteiger charge is 2.15. The number of nitrogens with zero attached hydrogens (tertiary/aromatic N) is 1. The highest BCUT2D eigenvalue weighted by molar-refractivity contribution is 5.99. The van der Waals surface area contributed by atoms with E-state index < -0.39 is 0 Å². The summed E-state index contributed by atoms with van der Waals surface area (Å²) in [6, 6.07) is 15.8. The van der Waals surface area contributed by atoms with Crippen LogP contribution in [0.15, 0.2) is 48.5 Å². The van der Waals surface area contributed by atoms with Gasteiger partial charge >= 0.3 is 6.03 Å². The molecular formula is C21H27N3O. The van der Waals surface area contributed by atoms with Crippen molar-refractivity contribution < 1.29 is 4.79 Å². The van der Waals surface area contributed by atoms with Crippen molar-refractivity contribution in [1.29, 1.82) is 0 Å². The summed E-state index contributed by atoms with van der Waals surface area (Å²) in [5.74, 6) is 0.826. The summed E-state index contributed by atoms with van der Waals surface area (Å²) in [4.78, 5) is 14.5. The maximum atomic E-state index is 12.1. The third-order valence-electron chi connectivity index (χ3n) is 4.89. The SMILES string of the molecule is CCc1ccc(NC(=O)Nc2ccc(N3CCC(C)CC3)cc2)cc1. The van der Waals surface area contributed by atoms with Crippen molar-refractivity contribution in [2.75, 3.05) is 28.6 Å². The van der Waals surface area contributed by atoms with Crippen LogP contribution in [0.1, 0.15) is 32.3 Å². The summed E-state index contributed by atoms with van der Waals surface area (Å²) >= 11 is 0. The Morgan fingerprint density at radius 3 is 2.00 bits per heavy atom. The zero-order chi connectivity index (χ0) is 17.6. The lowest BCUT2D eigenvalue weighted by Gasteiger charge is -2.32. The lowest BCUT2D eigenvalue weighted by atomic mass is 9.99. The zero-order valence-corrected chi connectivity index (χ0v) is 15.1. The van der Waals surface area contributed by atoms with Crippen LogP contribution in [0.2, 0.25) is 0 Å². The van der Waals surface area contributed by atoms with Gasteiger partial charge in [-0.1, -0.05) is 26.0 Å². The van der Waals surface area contributed by atoms with Gasteiger partial charge < -0.3 is 15.5 Å². The van der Waals surface area contributed by atoms with Crippen LogP contribution in [-0.4, -0.2) is 19.1 Å². The number of rotatable bonds is 4. The molecule has 0 spiro atoms. The quantitative estimate of drug-likeness (QED) is 0.812. The van der Waals surface area contributed by atoms with Gasteiger partial charge in [0.05, 0.1) is 0 Å². The molecule has 3 rings (SSSR count). The molecular weight excluding hydrogens is 310 g/mol. The molecule has 0 atom stereocenters. The summed E-state index contributed by atoms with van der Waals surface area (Å²) < 4.78 is 0. The van der Waals surface area contributed by atoms with E-state index in [-0.39, 0.29) is 6.03 Å². The van der Waals surface area contributed by atoms with E-state index in [0.29, 0.717) is 0 Å². The number of anilines is 3. The van der Waals surface area contributed by atoms with E-state index in [4.69, 9.17) is 0 Å². The van der Waals surface area contributed by atoms with Gasteiger partial charge in [0, 0.05) is 30.2 Å². The van der Waals surface area contributed by atoms with Crippen LogP contribution >= 0.6 is 0 Å². The maximum absolute atomic E-state index is 12.1. The molecule has 4 heteroatoms. The van der Waals surface area contributed by atoms with Crippen molar-refractivity contribution in [1.82, 2.24) is 0 Å². The fraction of sp³-hybridized carbons (Fsp3) is 0.381. The molecule has 2 amide bonds. The number of piperidine rings is 1. The lowest BCUT2D eigenvalue weighted by molar-refractivity contribution is 0.262. The molecule has 1 saturated heterocycles. The van der Waals surface area contributed by atoms with E-state index >= 15 is 0 Å². The Kier molecular flexibility index (Phi) is 5.59. The molecule has 0 aromatic heterocycles. The second-order valence-electron chi connectivity index (χ2n) is 6.85. The van der Waals surface area contributed by atoms with E-state index in [0.717, 1.165) is 36.8 Å². The zero-order valence-electron chi connectivity index (χ0n) is 15.1. The van der Waals surface area contributed by atoms with E-state index in [9.17, 15) is 4.79 Å². The summed E-state index contributed by atoms with van der Waals surface area (Å²) in [7, 11) is 0. The standard InChI is InChI=1S/C21H27N3O/c1-3-17-4-6-18(7-5-17)22-21(25)23-19-8-10-20(11-9-19)24-14-12-16(2)13-15-24/h4-11,16H,3,12-15H2,1-2H3,(H2,22,23,25). The largest absolute Gasteiger partial charge is 0.372 e. The number of carbonyl (C=O) groups is 1. The van der Waals surface area contributed by atoms with Crippen molar-refractivity contribution in [3.8, 4) is 0 Å². The van der Waals surface area contributed by atoms with Crippen LogP contribution in [0.4, 0.5) is 21.9 Å². The van der Waals surface area contributed by atoms with E-state index in [2.05, 4.69) is 41.5 Å². The number of amides is 2. The Labute approximate surface area is 150 Å². The van der Waals surface area contributed by atoms with E-state index in [1.807, 2.05) is 36.4 Å². The number of aryl methyl sites for hydroxylation is 1. The molecule has 0 aliphatic carbocycles. The van der Waals surface area contributed by atoms with Crippen LogP contribution in [0, 0.1) is 5.92 Å². The Bertz CT molecular complexity index is 686. The second kappa shape index (κ2) is 8.06. The molecule has 2 aromatic carbocycles. The van der Waals surface area contributed by atoms with Gasteiger partial charge in [0.1, 0.15) is 0 Å². The first kappa shape index (κ1) is 17.3. The minimum absolute atomic E-state index is 0.219. The minimum atomic E-state index is -0.219. The van der Waals surface area contributed by atoms with E-state index in [1.54, 1.807) is 0 Å². The Morgan fingerprint density at radius 2 is 1.48 bits per heavy atom. The van der Waals surface area contributed by atoms with Crippen LogP contribution in [-0.2, 0) is 6.42 Å². The Hall–Kier alpha value is -2.49. The average molecular weight is 337 g/mol. The first-order chi connectivity index (χ1) is 12.1. The summed E-state index contributed by atoms with van der Waals surface area (Å²) in [5.41, 5.74) is 4.09. The van der Waals surface area contributed by atoms with Gasteiger partial charge in [0.2, 0.25) is 0 Å². The fourth-order valence-electron chi connectivity index (χ4n) is 3.14. The van der Waals surface area contributed by atoms with Gasteiger partial charge in [-0.05, 0) is 67.1 Å². The summed E-state index contributed by atoms with van der Waals surface area (Å²) in [6.07, 6.45) is 3.49. The van der Waals surface area contributed by atoms with Crippen LogP contribution < -0.4 is 15.5 Å². The normalized spacial score (nSPS) is 15.0. The highest BCUT2D eigenvalue weighted by Crippen LogP contribution is 2.24. The monoisotopic (exact) mass is 337 g/mol. The fourth-order valence-corrected chi connectivity index (χ4v) is 3.14. The third kappa shape index (κ3) is 4.75. The van der Waals surface area contributed by atoms with Crippen LogP contribution in [0.25, 0.3) is 0 Å². The molecule has 2 aromatic rings. The topological polar surface area (TPSA) is 44.4 Å². The van der Waals surface area contributed by atoms with Crippen molar-refractivity contribution in [3.05, 3.63) is 54.1 Å². The maximum Gasteiger partial charge on any atom is 0.323 e. The molecule has 25 heavy (non-hydrogen) atoms. The van der Waals surface area contributed by atoms with Gasteiger partial charge in [-0.25, -0.2) is 4.79 Å². The van der Waals surface area contributed by atoms with E-state index in [1.165, 1.54) is 24.1 Å². The first-order valence-corrected chi connectivity index (χ1v) is 9.16. The predicted octanol–water partition coefficient (Wildman–Crippen LogP) is 5.13. The second-order valence-corrected chi connectivity index (χ2v) is 6.85. The molecule has 1 fully saturated rings.